The molecule has 0 unspecified atom stereocenters. The van der Waals surface area contributed by atoms with Crippen LogP contribution in [0.5, 0.6) is 0 Å². The third kappa shape index (κ3) is 2.18. The van der Waals surface area contributed by atoms with E-state index in [-0.39, 0.29) is 11.2 Å². The van der Waals surface area contributed by atoms with Crippen LogP contribution in [0.2, 0.25) is 0 Å². The third-order valence-corrected chi connectivity index (χ3v) is 3.28. The lowest BCUT2D eigenvalue weighted by Gasteiger charge is -2.23. The van der Waals surface area contributed by atoms with Crippen LogP contribution in [0.15, 0.2) is 0 Å². The molecule has 5 heteroatoms. The van der Waals surface area contributed by atoms with Crippen molar-refractivity contribution in [1.82, 2.24) is 15.0 Å². The lowest BCUT2D eigenvalue weighted by atomic mass is 9.99. The van der Waals surface area contributed by atoms with Gasteiger partial charge in [-0.1, -0.05) is 18.1 Å². The zero-order valence-electron chi connectivity index (χ0n) is 10.6. The van der Waals surface area contributed by atoms with Crippen LogP contribution in [0, 0.1) is 0 Å². The number of carboxylic acid groups (broad SMARTS) is 1. The molecule has 0 saturated heterocycles. The molecule has 1 aliphatic carbocycles. The van der Waals surface area contributed by atoms with E-state index in [0.29, 0.717) is 5.92 Å². The molecule has 0 aromatic carbocycles. The van der Waals surface area contributed by atoms with Crippen molar-refractivity contribution in [3.63, 3.8) is 0 Å². The normalized spacial score (nSPS) is 17.6. The number of hydrogen-bond acceptors (Lipinski definition) is 3. The Hall–Kier alpha value is -1.39. The summed E-state index contributed by atoms with van der Waals surface area (Å²) in [5.74, 6) is -0.669. The highest BCUT2D eigenvalue weighted by Gasteiger charge is 2.32. The summed E-state index contributed by atoms with van der Waals surface area (Å²) in [6.45, 7) is 6.06. The first-order valence-electron chi connectivity index (χ1n) is 6.10. The van der Waals surface area contributed by atoms with E-state index < -0.39 is 5.97 Å². The summed E-state index contributed by atoms with van der Waals surface area (Å²) < 4.78 is 1.78. The zero-order valence-corrected chi connectivity index (χ0v) is 10.6. The van der Waals surface area contributed by atoms with E-state index in [9.17, 15) is 9.90 Å². The molecular weight excluding hydrogens is 218 g/mol. The third-order valence-electron chi connectivity index (χ3n) is 3.28. The Bertz CT molecular complexity index is 425. The topological polar surface area (TPSA) is 68.0 Å². The van der Waals surface area contributed by atoms with Gasteiger partial charge < -0.3 is 5.11 Å². The highest BCUT2D eigenvalue weighted by molar-refractivity contribution is 5.86. The number of carbonyl (C=O) groups is 1. The zero-order chi connectivity index (χ0) is 12.6. The van der Waals surface area contributed by atoms with Crippen LogP contribution in [-0.4, -0.2) is 26.1 Å². The van der Waals surface area contributed by atoms with E-state index in [1.165, 1.54) is 12.8 Å². The minimum atomic E-state index is -0.970. The Morgan fingerprint density at radius 2 is 1.94 bits per heavy atom. The van der Waals surface area contributed by atoms with Crippen molar-refractivity contribution >= 4 is 5.97 Å². The predicted molar refractivity (Wildman–Crippen MR) is 63.2 cm³/mol. The molecule has 0 radical (unpaired) electrons. The maximum atomic E-state index is 11.2. The summed E-state index contributed by atoms with van der Waals surface area (Å²) in [5.41, 5.74) is 0.716. The smallest absolute Gasteiger partial charge is 0.358 e. The van der Waals surface area contributed by atoms with Gasteiger partial charge in [0.05, 0.1) is 11.2 Å². The van der Waals surface area contributed by atoms with Gasteiger partial charge in [0.15, 0.2) is 5.69 Å². The second-order valence-corrected chi connectivity index (χ2v) is 5.69. The van der Waals surface area contributed by atoms with E-state index in [4.69, 9.17) is 0 Å². The summed E-state index contributed by atoms with van der Waals surface area (Å²) >= 11 is 0. The summed E-state index contributed by atoms with van der Waals surface area (Å²) in [6.07, 6.45) is 4.42. The van der Waals surface area contributed by atoms with Gasteiger partial charge in [-0.05, 0) is 33.6 Å². The first-order chi connectivity index (χ1) is 7.91. The van der Waals surface area contributed by atoms with Crippen molar-refractivity contribution in [2.24, 2.45) is 0 Å². The second-order valence-electron chi connectivity index (χ2n) is 5.69. The molecule has 0 amide bonds. The molecule has 0 atom stereocenters. The van der Waals surface area contributed by atoms with Crippen molar-refractivity contribution in [2.45, 2.75) is 57.9 Å². The number of hydrogen-bond donors (Lipinski definition) is 1. The van der Waals surface area contributed by atoms with Crippen LogP contribution >= 0.6 is 0 Å². The average molecular weight is 237 g/mol. The summed E-state index contributed by atoms with van der Waals surface area (Å²) in [4.78, 5) is 11.2. The maximum absolute atomic E-state index is 11.2. The van der Waals surface area contributed by atoms with Crippen molar-refractivity contribution in [3.05, 3.63) is 11.4 Å². The van der Waals surface area contributed by atoms with E-state index in [1.807, 2.05) is 20.8 Å². The van der Waals surface area contributed by atoms with Gasteiger partial charge in [-0.15, -0.1) is 5.10 Å². The molecular formula is C12H19N3O2. The van der Waals surface area contributed by atoms with Crippen LogP contribution < -0.4 is 0 Å². The van der Waals surface area contributed by atoms with Crippen LogP contribution in [-0.2, 0) is 5.54 Å². The molecule has 1 fully saturated rings. The fourth-order valence-electron chi connectivity index (χ4n) is 2.50. The quantitative estimate of drug-likeness (QED) is 0.857. The average Bonchev–Trinajstić information content (AvgIpc) is 2.84. The number of aromatic carboxylic acids is 1. The summed E-state index contributed by atoms with van der Waals surface area (Å²) in [5, 5.41) is 17.1. The Balaban J connectivity index is 2.50. The van der Waals surface area contributed by atoms with Gasteiger partial charge in [0.2, 0.25) is 0 Å². The van der Waals surface area contributed by atoms with Crippen molar-refractivity contribution < 1.29 is 9.90 Å². The van der Waals surface area contributed by atoms with Gasteiger partial charge in [0.25, 0.3) is 0 Å². The molecule has 94 valence electrons. The predicted octanol–water partition coefficient (Wildman–Crippen LogP) is 2.39. The first-order valence-corrected chi connectivity index (χ1v) is 6.10. The van der Waals surface area contributed by atoms with Crippen molar-refractivity contribution in [1.29, 1.82) is 0 Å². The molecule has 1 heterocycles. The fraction of sp³-hybridized carbons (Fsp3) is 0.750. The molecule has 1 aliphatic rings. The van der Waals surface area contributed by atoms with Crippen LogP contribution in [0.25, 0.3) is 0 Å². The van der Waals surface area contributed by atoms with Crippen LogP contribution in [0.1, 0.15) is 68.6 Å². The van der Waals surface area contributed by atoms with Crippen LogP contribution in [0.4, 0.5) is 0 Å². The van der Waals surface area contributed by atoms with Gasteiger partial charge in [-0.25, -0.2) is 9.48 Å². The van der Waals surface area contributed by atoms with Gasteiger partial charge >= 0.3 is 5.97 Å². The Labute approximate surface area is 101 Å². The van der Waals surface area contributed by atoms with Crippen molar-refractivity contribution in [2.75, 3.05) is 0 Å². The first kappa shape index (κ1) is 12.1. The van der Waals surface area contributed by atoms with E-state index in [0.717, 1.165) is 18.5 Å². The van der Waals surface area contributed by atoms with Gasteiger partial charge in [-0.3, -0.25) is 0 Å². The molecule has 0 bridgehead atoms. The van der Waals surface area contributed by atoms with Gasteiger partial charge in [0.1, 0.15) is 0 Å². The largest absolute Gasteiger partial charge is 0.476 e. The van der Waals surface area contributed by atoms with Gasteiger partial charge in [-0.2, -0.15) is 0 Å². The van der Waals surface area contributed by atoms with Gasteiger partial charge in [0, 0.05) is 5.92 Å². The Morgan fingerprint density at radius 3 is 2.41 bits per heavy atom. The molecule has 1 aromatic rings. The van der Waals surface area contributed by atoms with Crippen molar-refractivity contribution in [3.8, 4) is 0 Å². The fourth-order valence-corrected chi connectivity index (χ4v) is 2.50. The number of nitrogens with zero attached hydrogens (tertiary/aromatic N) is 3. The van der Waals surface area contributed by atoms with E-state index in [2.05, 4.69) is 10.3 Å². The van der Waals surface area contributed by atoms with E-state index in [1.54, 1.807) is 4.68 Å². The maximum Gasteiger partial charge on any atom is 0.358 e. The molecule has 1 N–H and O–H groups in total. The molecule has 5 nitrogen and oxygen atoms in total. The molecule has 17 heavy (non-hydrogen) atoms. The minimum Gasteiger partial charge on any atom is -0.476 e. The molecule has 0 aliphatic heterocycles. The standard InChI is InChI=1S/C12H19N3O2/c1-12(2,3)15-10(8-6-4-5-7-8)9(11(16)17)13-14-15/h8H,4-7H2,1-3H3,(H,16,17). The lowest BCUT2D eigenvalue weighted by molar-refractivity contribution is 0.0688. The number of rotatable bonds is 2. The minimum absolute atomic E-state index is 0.131. The molecule has 1 aromatic heterocycles. The number of aromatic nitrogens is 3. The summed E-state index contributed by atoms with van der Waals surface area (Å²) in [6, 6.07) is 0. The Morgan fingerprint density at radius 1 is 1.35 bits per heavy atom. The SMILES string of the molecule is CC(C)(C)n1nnc(C(=O)O)c1C1CCCC1. The lowest BCUT2D eigenvalue weighted by Crippen LogP contribution is -2.27. The highest BCUT2D eigenvalue weighted by Crippen LogP contribution is 2.36. The summed E-state index contributed by atoms with van der Waals surface area (Å²) in [7, 11) is 0. The molecule has 1 saturated carbocycles. The molecule has 0 spiro atoms. The Kier molecular flexibility index (Phi) is 2.93. The van der Waals surface area contributed by atoms with Crippen LogP contribution in [0.3, 0.4) is 0 Å². The van der Waals surface area contributed by atoms with E-state index >= 15 is 0 Å². The number of carboxylic acids is 1. The highest BCUT2D eigenvalue weighted by atomic mass is 16.4. The molecule has 2 rings (SSSR count). The second kappa shape index (κ2) is 4.13. The monoisotopic (exact) mass is 237 g/mol.